The number of nitrogens with zero attached hydrogens (tertiary/aromatic N) is 1. The third-order valence-electron chi connectivity index (χ3n) is 3.59. The summed E-state index contributed by atoms with van der Waals surface area (Å²) in [6.07, 6.45) is 0. The minimum atomic E-state index is -3.25. The lowest BCUT2D eigenvalue weighted by Gasteiger charge is -2.38. The van der Waals surface area contributed by atoms with E-state index in [9.17, 15) is 13.6 Å². The second-order valence-electron chi connectivity index (χ2n) is 5.27. The molecule has 8 heteroatoms. The van der Waals surface area contributed by atoms with Crippen molar-refractivity contribution < 1.29 is 23.4 Å². The number of ether oxygens (including phenoxy) is 1. The van der Waals surface area contributed by atoms with Gasteiger partial charge in [-0.1, -0.05) is 12.1 Å². The summed E-state index contributed by atoms with van der Waals surface area (Å²) in [5, 5.41) is 12.2. The van der Waals surface area contributed by atoms with Crippen LogP contribution in [0.3, 0.4) is 0 Å². The van der Waals surface area contributed by atoms with E-state index in [1.54, 1.807) is 4.90 Å². The van der Waals surface area contributed by atoms with Crippen molar-refractivity contribution in [3.63, 3.8) is 0 Å². The molecule has 1 heterocycles. The summed E-state index contributed by atoms with van der Waals surface area (Å²) in [5.41, 5.74) is 0.386. The van der Waals surface area contributed by atoms with Crippen molar-refractivity contribution in [3.8, 4) is 5.75 Å². The first-order chi connectivity index (χ1) is 10.4. The molecule has 130 valence electrons. The molecule has 0 spiro atoms. The molecule has 0 aliphatic carbocycles. The van der Waals surface area contributed by atoms with Crippen LogP contribution in [0.5, 0.6) is 5.75 Å². The number of hydrogen-bond donors (Lipinski definition) is 2. The lowest BCUT2D eigenvalue weighted by molar-refractivity contribution is -0.131. The van der Waals surface area contributed by atoms with Gasteiger partial charge in [-0.05, 0) is 17.7 Å². The molecular weight excluding hydrogens is 330 g/mol. The molecule has 2 rings (SSSR count). The van der Waals surface area contributed by atoms with Crippen molar-refractivity contribution in [3.05, 3.63) is 29.8 Å². The zero-order valence-electron chi connectivity index (χ0n) is 12.8. The number of piperazine rings is 1. The fourth-order valence-corrected chi connectivity index (χ4v) is 2.63. The summed E-state index contributed by atoms with van der Waals surface area (Å²) in [6.45, 7) is 2.27. The highest BCUT2D eigenvalue weighted by atomic mass is 35.5. The van der Waals surface area contributed by atoms with Crippen LogP contribution in [0.25, 0.3) is 0 Å². The first kappa shape index (κ1) is 19.8. The van der Waals surface area contributed by atoms with E-state index in [1.165, 1.54) is 31.2 Å². The fourth-order valence-electron chi connectivity index (χ4n) is 2.63. The number of aliphatic hydroxyl groups is 1. The molecule has 1 aromatic carbocycles. The highest BCUT2D eigenvalue weighted by Gasteiger charge is 2.43. The van der Waals surface area contributed by atoms with Crippen molar-refractivity contribution in [2.75, 3.05) is 32.8 Å². The van der Waals surface area contributed by atoms with Gasteiger partial charge in [0, 0.05) is 33.1 Å². The molecule has 1 fully saturated rings. The van der Waals surface area contributed by atoms with Crippen LogP contribution in [0.4, 0.5) is 8.78 Å². The number of nitrogens with one attached hydrogen (secondary N) is 1. The summed E-state index contributed by atoms with van der Waals surface area (Å²) in [5.74, 6) is -3.41. The van der Waals surface area contributed by atoms with Crippen LogP contribution in [0, 0.1) is 0 Å². The monoisotopic (exact) mass is 350 g/mol. The van der Waals surface area contributed by atoms with Gasteiger partial charge in [-0.25, -0.2) is 8.78 Å². The molecule has 0 aromatic heterocycles. The first-order valence-corrected chi connectivity index (χ1v) is 7.16. The smallest absolute Gasteiger partial charge is 0.308 e. The van der Waals surface area contributed by atoms with Gasteiger partial charge in [0.2, 0.25) is 0 Å². The van der Waals surface area contributed by atoms with Crippen LogP contribution in [-0.2, 0) is 4.79 Å². The number of aliphatic hydroxyl groups excluding tert-OH is 1. The second kappa shape index (κ2) is 8.54. The number of halogens is 3. The lowest BCUT2D eigenvalue weighted by atomic mass is 9.98. The molecule has 0 amide bonds. The minimum Gasteiger partial charge on any atom is -0.427 e. The van der Waals surface area contributed by atoms with E-state index in [2.05, 4.69) is 5.32 Å². The molecule has 23 heavy (non-hydrogen) atoms. The third kappa shape index (κ3) is 5.10. The molecule has 0 radical (unpaired) electrons. The van der Waals surface area contributed by atoms with Gasteiger partial charge in [0.25, 0.3) is 5.92 Å². The maximum absolute atomic E-state index is 14.2. The number of carbonyl (C=O) groups is 1. The topological polar surface area (TPSA) is 61.8 Å². The molecule has 1 aromatic rings. The Hall–Kier alpha value is -1.28. The van der Waals surface area contributed by atoms with Crippen molar-refractivity contribution in [2.24, 2.45) is 0 Å². The van der Waals surface area contributed by atoms with Crippen LogP contribution in [0.2, 0.25) is 0 Å². The summed E-state index contributed by atoms with van der Waals surface area (Å²) >= 11 is 0. The minimum absolute atomic E-state index is 0. The first-order valence-electron chi connectivity index (χ1n) is 7.16. The summed E-state index contributed by atoms with van der Waals surface area (Å²) < 4.78 is 33.3. The van der Waals surface area contributed by atoms with E-state index in [0.717, 1.165) is 0 Å². The van der Waals surface area contributed by atoms with E-state index in [1.807, 2.05) is 0 Å². The number of esters is 1. The van der Waals surface area contributed by atoms with Crippen LogP contribution in [0.15, 0.2) is 24.3 Å². The molecule has 0 bridgehead atoms. The standard InChI is InChI=1S/C15H20F2N2O3.ClH/c1-11(21)22-13-4-2-12(3-5-13)14(15(16,17)10-20)19-8-6-18-7-9-19;/h2-5,14,18,20H,6-10H2,1H3;1H/t14-;/m1./s1. The van der Waals surface area contributed by atoms with E-state index < -0.39 is 24.5 Å². The quantitative estimate of drug-likeness (QED) is 0.624. The van der Waals surface area contributed by atoms with E-state index >= 15 is 0 Å². The van der Waals surface area contributed by atoms with E-state index in [-0.39, 0.29) is 12.4 Å². The molecule has 1 atom stereocenters. The average Bonchev–Trinajstić information content (AvgIpc) is 2.49. The van der Waals surface area contributed by atoms with Crippen molar-refractivity contribution in [1.29, 1.82) is 0 Å². The third-order valence-corrected chi connectivity index (χ3v) is 3.59. The van der Waals surface area contributed by atoms with Gasteiger partial charge in [-0.15, -0.1) is 12.4 Å². The van der Waals surface area contributed by atoms with E-state index in [0.29, 0.717) is 37.5 Å². The molecular formula is C15H21ClF2N2O3. The molecule has 1 aliphatic heterocycles. The number of alkyl halides is 2. The normalized spacial score (nSPS) is 17.2. The molecule has 1 aliphatic rings. The number of rotatable bonds is 5. The molecule has 2 N–H and O–H groups in total. The van der Waals surface area contributed by atoms with Crippen molar-refractivity contribution in [2.45, 2.75) is 18.9 Å². The van der Waals surface area contributed by atoms with Crippen LogP contribution in [-0.4, -0.2) is 54.7 Å². The van der Waals surface area contributed by atoms with Crippen LogP contribution in [0.1, 0.15) is 18.5 Å². The van der Waals surface area contributed by atoms with Crippen molar-refractivity contribution in [1.82, 2.24) is 10.2 Å². The maximum Gasteiger partial charge on any atom is 0.308 e. The Morgan fingerprint density at radius 2 is 1.91 bits per heavy atom. The van der Waals surface area contributed by atoms with Crippen molar-refractivity contribution >= 4 is 18.4 Å². The Morgan fingerprint density at radius 1 is 1.35 bits per heavy atom. The zero-order valence-corrected chi connectivity index (χ0v) is 13.6. The molecule has 0 unspecified atom stereocenters. The van der Waals surface area contributed by atoms with Gasteiger partial charge < -0.3 is 15.2 Å². The van der Waals surface area contributed by atoms with Crippen LogP contribution < -0.4 is 10.1 Å². The molecule has 0 saturated carbocycles. The zero-order chi connectivity index (χ0) is 16.2. The van der Waals surface area contributed by atoms with Gasteiger partial charge in [0.05, 0.1) is 0 Å². The Labute approximate surface area is 140 Å². The van der Waals surface area contributed by atoms with Gasteiger partial charge in [0.1, 0.15) is 18.4 Å². The van der Waals surface area contributed by atoms with Gasteiger partial charge in [-0.3, -0.25) is 9.69 Å². The fraction of sp³-hybridized carbons (Fsp3) is 0.533. The maximum atomic E-state index is 14.2. The Kier molecular flexibility index (Phi) is 7.34. The Balaban J connectivity index is 0.00000264. The highest BCUT2D eigenvalue weighted by molar-refractivity contribution is 5.85. The Morgan fingerprint density at radius 3 is 2.39 bits per heavy atom. The van der Waals surface area contributed by atoms with Gasteiger partial charge in [0.15, 0.2) is 0 Å². The molecule has 1 saturated heterocycles. The average molecular weight is 351 g/mol. The highest BCUT2D eigenvalue weighted by Crippen LogP contribution is 2.37. The summed E-state index contributed by atoms with van der Waals surface area (Å²) in [4.78, 5) is 12.6. The predicted molar refractivity (Wildman–Crippen MR) is 84.2 cm³/mol. The van der Waals surface area contributed by atoms with E-state index in [4.69, 9.17) is 9.84 Å². The van der Waals surface area contributed by atoms with Gasteiger partial charge in [-0.2, -0.15) is 0 Å². The van der Waals surface area contributed by atoms with Gasteiger partial charge >= 0.3 is 5.97 Å². The van der Waals surface area contributed by atoms with Crippen LogP contribution >= 0.6 is 12.4 Å². The largest absolute Gasteiger partial charge is 0.427 e. The molecule has 5 nitrogen and oxygen atoms in total. The Bertz CT molecular complexity index is 508. The lowest BCUT2D eigenvalue weighted by Crippen LogP contribution is -2.51. The summed E-state index contributed by atoms with van der Waals surface area (Å²) in [7, 11) is 0. The second-order valence-corrected chi connectivity index (χ2v) is 5.27. The summed E-state index contributed by atoms with van der Waals surface area (Å²) in [6, 6.07) is 4.79. The SMILES string of the molecule is CC(=O)Oc1ccc([C@@H](N2CCNCC2)C(F)(F)CO)cc1.Cl. The number of hydrogen-bond acceptors (Lipinski definition) is 5. The predicted octanol–water partition coefficient (Wildman–Crippen LogP) is 1.61. The number of carbonyl (C=O) groups excluding carboxylic acids is 1. The number of benzene rings is 1.